The lowest BCUT2D eigenvalue weighted by atomic mass is 10.1. The van der Waals surface area contributed by atoms with Gasteiger partial charge >= 0.3 is 0 Å². The first-order valence-electron chi connectivity index (χ1n) is 10.9. The Balaban J connectivity index is 1.39. The molecule has 5 rings (SSSR count). The number of anilines is 1. The van der Waals surface area contributed by atoms with Crippen molar-refractivity contribution in [3.8, 4) is 11.4 Å². The Bertz CT molecular complexity index is 1360. The lowest BCUT2D eigenvalue weighted by Gasteiger charge is -2.35. The molecule has 8 heteroatoms. The number of aromatic nitrogens is 2. The fourth-order valence-electron chi connectivity index (χ4n) is 4.30. The fourth-order valence-corrected chi connectivity index (χ4v) is 4.30. The van der Waals surface area contributed by atoms with Crippen molar-refractivity contribution in [2.45, 2.75) is 6.54 Å². The van der Waals surface area contributed by atoms with E-state index in [1.54, 1.807) is 30.3 Å². The molecule has 0 unspecified atom stereocenters. The normalized spacial score (nSPS) is 14.5. The molecule has 166 valence electrons. The van der Waals surface area contributed by atoms with Crippen LogP contribution < -0.4 is 10.5 Å². The van der Waals surface area contributed by atoms with E-state index in [2.05, 4.69) is 31.9 Å². The number of nitro benzene ring substituents is 1. The molecule has 1 fully saturated rings. The van der Waals surface area contributed by atoms with Crippen molar-refractivity contribution in [3.63, 3.8) is 0 Å². The molecule has 1 aliphatic rings. The summed E-state index contributed by atoms with van der Waals surface area (Å²) in [6.45, 7) is 3.94. The second kappa shape index (κ2) is 8.84. The van der Waals surface area contributed by atoms with Crippen LogP contribution in [0.5, 0.6) is 0 Å². The second-order valence-electron chi connectivity index (χ2n) is 8.14. The molecule has 4 aromatic rings. The van der Waals surface area contributed by atoms with Crippen molar-refractivity contribution in [3.05, 3.63) is 98.8 Å². The van der Waals surface area contributed by atoms with Crippen molar-refractivity contribution in [2.75, 3.05) is 31.1 Å². The number of para-hydroxylation sites is 1. The van der Waals surface area contributed by atoms with Crippen LogP contribution in [0.4, 0.5) is 11.4 Å². The summed E-state index contributed by atoms with van der Waals surface area (Å²) in [5, 5.41) is 12.4. The van der Waals surface area contributed by atoms with E-state index >= 15 is 0 Å². The maximum atomic E-state index is 12.4. The highest BCUT2D eigenvalue weighted by Gasteiger charge is 2.25. The van der Waals surface area contributed by atoms with Crippen LogP contribution in [0, 0.1) is 10.1 Å². The van der Waals surface area contributed by atoms with E-state index in [9.17, 15) is 14.9 Å². The van der Waals surface area contributed by atoms with Gasteiger partial charge in [0.05, 0.1) is 15.8 Å². The van der Waals surface area contributed by atoms with Crippen LogP contribution in [0.2, 0.25) is 0 Å². The highest BCUT2D eigenvalue weighted by molar-refractivity contribution is 5.80. The van der Waals surface area contributed by atoms with Crippen molar-refractivity contribution >= 4 is 22.3 Å². The van der Waals surface area contributed by atoms with Gasteiger partial charge in [-0.2, -0.15) is 0 Å². The molecule has 0 bridgehead atoms. The highest BCUT2D eigenvalue weighted by Crippen LogP contribution is 2.33. The lowest BCUT2D eigenvalue weighted by Crippen LogP contribution is -2.46. The molecule has 1 N–H and O–H groups in total. The number of H-pyrrole nitrogens is 1. The van der Waals surface area contributed by atoms with Crippen molar-refractivity contribution < 1.29 is 4.92 Å². The molecule has 3 aromatic carbocycles. The predicted octanol–water partition coefficient (Wildman–Crippen LogP) is 3.82. The first-order chi connectivity index (χ1) is 16.1. The standard InChI is InChI=1S/C25H23N5O3/c31-25-20-8-4-5-9-21(20)26-24(27-25)19-10-11-22(23(16-19)30(32)33)29-14-12-28(13-15-29)17-18-6-2-1-3-7-18/h1-11,16H,12-15,17H2,(H,26,27,31). The van der Waals surface area contributed by atoms with E-state index in [1.165, 1.54) is 11.6 Å². The fraction of sp³-hybridized carbons (Fsp3) is 0.200. The molecule has 0 radical (unpaired) electrons. The molecule has 1 aromatic heterocycles. The third-order valence-electron chi connectivity index (χ3n) is 6.02. The third kappa shape index (κ3) is 4.33. The average molecular weight is 441 g/mol. The molecule has 0 aliphatic carbocycles. The van der Waals surface area contributed by atoms with Gasteiger partial charge in [-0.05, 0) is 29.8 Å². The van der Waals surface area contributed by atoms with Crippen molar-refractivity contribution in [1.29, 1.82) is 0 Å². The molecule has 2 heterocycles. The Kier molecular flexibility index (Phi) is 5.58. The lowest BCUT2D eigenvalue weighted by molar-refractivity contribution is -0.384. The number of hydrogen-bond donors (Lipinski definition) is 1. The molecule has 1 aliphatic heterocycles. The van der Waals surface area contributed by atoms with Gasteiger partial charge in [0.1, 0.15) is 11.5 Å². The van der Waals surface area contributed by atoms with Crippen LogP contribution in [0.3, 0.4) is 0 Å². The van der Waals surface area contributed by atoms with Crippen LogP contribution in [-0.2, 0) is 6.54 Å². The zero-order chi connectivity index (χ0) is 22.8. The van der Waals surface area contributed by atoms with E-state index in [0.29, 0.717) is 41.1 Å². The minimum atomic E-state index is -0.367. The first-order valence-corrected chi connectivity index (χ1v) is 10.9. The van der Waals surface area contributed by atoms with Gasteiger partial charge in [-0.1, -0.05) is 42.5 Å². The number of fused-ring (bicyclic) bond motifs is 1. The maximum Gasteiger partial charge on any atom is 0.293 e. The maximum absolute atomic E-state index is 12.4. The number of nitrogens with one attached hydrogen (secondary N) is 1. The Hall–Kier alpha value is -4.04. The largest absolute Gasteiger partial charge is 0.363 e. The van der Waals surface area contributed by atoms with E-state index < -0.39 is 0 Å². The molecule has 1 saturated heterocycles. The van der Waals surface area contributed by atoms with E-state index in [0.717, 1.165) is 19.6 Å². The van der Waals surface area contributed by atoms with Crippen LogP contribution in [0.1, 0.15) is 5.56 Å². The Morgan fingerprint density at radius 3 is 2.42 bits per heavy atom. The van der Waals surface area contributed by atoms with Crippen LogP contribution in [-0.4, -0.2) is 46.0 Å². The molecular weight excluding hydrogens is 418 g/mol. The first kappa shape index (κ1) is 20.8. The number of nitro groups is 1. The summed E-state index contributed by atoms with van der Waals surface area (Å²) < 4.78 is 0. The molecule has 8 nitrogen and oxygen atoms in total. The number of aromatic amines is 1. The predicted molar refractivity (Wildman–Crippen MR) is 128 cm³/mol. The van der Waals surface area contributed by atoms with Gasteiger partial charge in [0.25, 0.3) is 11.2 Å². The number of rotatable bonds is 5. The van der Waals surface area contributed by atoms with Gasteiger partial charge in [-0.25, -0.2) is 4.98 Å². The van der Waals surface area contributed by atoms with E-state index in [-0.39, 0.29) is 16.2 Å². The average Bonchev–Trinajstić information content (AvgIpc) is 2.85. The van der Waals surface area contributed by atoms with Gasteiger partial charge in [0.15, 0.2) is 0 Å². The summed E-state index contributed by atoms with van der Waals surface area (Å²) in [7, 11) is 0. The van der Waals surface area contributed by atoms with Crippen LogP contribution in [0.15, 0.2) is 77.6 Å². The molecule has 33 heavy (non-hydrogen) atoms. The Morgan fingerprint density at radius 2 is 1.67 bits per heavy atom. The van der Waals surface area contributed by atoms with Gasteiger partial charge in [-0.15, -0.1) is 0 Å². The van der Waals surface area contributed by atoms with Gasteiger partial charge in [-0.3, -0.25) is 19.8 Å². The van der Waals surface area contributed by atoms with E-state index in [1.807, 2.05) is 24.3 Å². The molecule has 0 amide bonds. The summed E-state index contributed by atoms with van der Waals surface area (Å²) in [6.07, 6.45) is 0. The number of hydrogen-bond acceptors (Lipinski definition) is 6. The topological polar surface area (TPSA) is 95.4 Å². The number of benzene rings is 3. The Morgan fingerprint density at radius 1 is 0.939 bits per heavy atom. The van der Waals surface area contributed by atoms with Crippen molar-refractivity contribution in [1.82, 2.24) is 14.9 Å². The van der Waals surface area contributed by atoms with E-state index in [4.69, 9.17) is 0 Å². The second-order valence-corrected chi connectivity index (χ2v) is 8.14. The zero-order valence-electron chi connectivity index (χ0n) is 18.0. The zero-order valence-corrected chi connectivity index (χ0v) is 18.0. The number of piperazine rings is 1. The van der Waals surface area contributed by atoms with Crippen LogP contribution >= 0.6 is 0 Å². The van der Waals surface area contributed by atoms with Crippen molar-refractivity contribution in [2.24, 2.45) is 0 Å². The van der Waals surface area contributed by atoms with Crippen LogP contribution in [0.25, 0.3) is 22.3 Å². The minimum absolute atomic E-state index is 0.0137. The molecule has 0 atom stereocenters. The summed E-state index contributed by atoms with van der Waals surface area (Å²) in [6, 6.07) is 22.4. The SMILES string of the molecule is O=c1[nH]c(-c2ccc(N3CCN(Cc4ccccc4)CC3)c([N+](=O)[O-])c2)nc2ccccc12. The third-order valence-corrected chi connectivity index (χ3v) is 6.02. The quantitative estimate of drug-likeness (QED) is 0.374. The highest BCUT2D eigenvalue weighted by atomic mass is 16.6. The van der Waals surface area contributed by atoms with Gasteiger partial charge < -0.3 is 9.88 Å². The minimum Gasteiger partial charge on any atom is -0.363 e. The summed E-state index contributed by atoms with van der Waals surface area (Å²) in [4.78, 5) is 35.6. The monoisotopic (exact) mass is 441 g/mol. The smallest absolute Gasteiger partial charge is 0.293 e. The molecule has 0 saturated carbocycles. The molecular formula is C25H23N5O3. The summed E-state index contributed by atoms with van der Waals surface area (Å²) >= 11 is 0. The number of nitrogens with zero attached hydrogens (tertiary/aromatic N) is 4. The Labute approximate surface area is 190 Å². The molecule has 0 spiro atoms. The van der Waals surface area contributed by atoms with Gasteiger partial charge in [0, 0.05) is 44.4 Å². The summed E-state index contributed by atoms with van der Waals surface area (Å²) in [5.41, 5.74) is 2.66. The summed E-state index contributed by atoms with van der Waals surface area (Å²) in [5.74, 6) is 0.320. The van der Waals surface area contributed by atoms with Gasteiger partial charge in [0.2, 0.25) is 0 Å².